The summed E-state index contributed by atoms with van der Waals surface area (Å²) in [6.45, 7) is 5.67. The van der Waals surface area contributed by atoms with E-state index in [1.54, 1.807) is 0 Å². The summed E-state index contributed by atoms with van der Waals surface area (Å²) >= 11 is 0. The minimum Gasteiger partial charge on any atom is -0.459 e. The Balaban J connectivity index is 2.26. The number of nitrogens with two attached hydrogens (primary N) is 1. The summed E-state index contributed by atoms with van der Waals surface area (Å²) in [5, 5.41) is 0. The normalized spacial score (nSPS) is 27.4. The number of hydrogen-bond acceptors (Lipinski definition) is 3. The molecule has 0 saturated heterocycles. The number of ether oxygens (including phenoxy) is 1. The molecule has 0 aromatic heterocycles. The zero-order valence-electron chi connectivity index (χ0n) is 11.3. The summed E-state index contributed by atoms with van der Waals surface area (Å²) in [7, 11) is 0. The van der Waals surface area contributed by atoms with Crippen molar-refractivity contribution in [3.05, 3.63) is 35.9 Å². The predicted molar refractivity (Wildman–Crippen MR) is 71.2 cm³/mol. The highest BCUT2D eigenvalue weighted by Crippen LogP contribution is 2.44. The lowest BCUT2D eigenvalue weighted by molar-refractivity contribution is -0.166. The molecule has 0 atom stereocenters. The molecule has 0 unspecified atom stereocenters. The molecule has 0 bridgehead atoms. The highest BCUT2D eigenvalue weighted by Gasteiger charge is 2.52. The van der Waals surface area contributed by atoms with E-state index in [-0.39, 0.29) is 12.0 Å². The molecule has 3 heteroatoms. The molecule has 18 heavy (non-hydrogen) atoms. The Morgan fingerprint density at radius 2 is 1.83 bits per heavy atom. The average molecular weight is 247 g/mol. The van der Waals surface area contributed by atoms with Crippen LogP contribution >= 0.6 is 0 Å². The zero-order chi connectivity index (χ0) is 13.4. The number of hydrogen-bond donors (Lipinski definition) is 1. The van der Waals surface area contributed by atoms with E-state index < -0.39 is 11.0 Å². The molecule has 2 rings (SSSR count). The van der Waals surface area contributed by atoms with Gasteiger partial charge in [-0.05, 0) is 39.2 Å². The molecular weight excluding hydrogens is 226 g/mol. The highest BCUT2D eigenvalue weighted by atomic mass is 16.6. The van der Waals surface area contributed by atoms with Gasteiger partial charge in [-0.15, -0.1) is 0 Å². The standard InChI is InChI=1S/C15H21NO2/c1-14(2,3)18-13(17)15(9-12(16)10-15)11-7-5-4-6-8-11/h4-8,12H,9-10,16H2,1-3H3. The highest BCUT2D eigenvalue weighted by molar-refractivity contribution is 5.85. The fourth-order valence-electron chi connectivity index (χ4n) is 2.49. The van der Waals surface area contributed by atoms with Crippen LogP contribution in [0.1, 0.15) is 39.2 Å². The van der Waals surface area contributed by atoms with E-state index in [9.17, 15) is 4.79 Å². The van der Waals surface area contributed by atoms with Crippen molar-refractivity contribution >= 4 is 5.97 Å². The fraction of sp³-hybridized carbons (Fsp3) is 0.533. The van der Waals surface area contributed by atoms with Crippen molar-refractivity contribution in [2.24, 2.45) is 5.73 Å². The van der Waals surface area contributed by atoms with E-state index >= 15 is 0 Å². The second-order valence-corrected chi connectivity index (χ2v) is 6.12. The van der Waals surface area contributed by atoms with Gasteiger partial charge in [0.1, 0.15) is 5.60 Å². The van der Waals surface area contributed by atoms with E-state index in [1.165, 1.54) is 0 Å². The van der Waals surface area contributed by atoms with Crippen molar-refractivity contribution in [3.8, 4) is 0 Å². The van der Waals surface area contributed by atoms with Crippen LogP contribution in [0.3, 0.4) is 0 Å². The van der Waals surface area contributed by atoms with Gasteiger partial charge in [0, 0.05) is 6.04 Å². The molecule has 1 aliphatic rings. The van der Waals surface area contributed by atoms with Crippen molar-refractivity contribution in [2.75, 3.05) is 0 Å². The number of carbonyl (C=O) groups excluding carboxylic acids is 1. The van der Waals surface area contributed by atoms with Gasteiger partial charge >= 0.3 is 5.97 Å². The SMILES string of the molecule is CC(C)(C)OC(=O)C1(c2ccccc2)CC(N)C1. The number of carbonyl (C=O) groups is 1. The minimum atomic E-state index is -0.534. The molecule has 2 N–H and O–H groups in total. The van der Waals surface area contributed by atoms with Crippen LogP contribution in [0.25, 0.3) is 0 Å². The summed E-state index contributed by atoms with van der Waals surface area (Å²) in [6.07, 6.45) is 1.35. The van der Waals surface area contributed by atoms with Gasteiger partial charge in [-0.25, -0.2) is 0 Å². The molecule has 0 spiro atoms. The van der Waals surface area contributed by atoms with Crippen molar-refractivity contribution in [3.63, 3.8) is 0 Å². The first-order valence-electron chi connectivity index (χ1n) is 6.38. The molecule has 0 aliphatic heterocycles. The lowest BCUT2D eigenvalue weighted by atomic mass is 9.62. The van der Waals surface area contributed by atoms with Gasteiger partial charge in [-0.3, -0.25) is 4.79 Å². The molecule has 0 amide bonds. The first kappa shape index (κ1) is 13.1. The Morgan fingerprint density at radius 1 is 1.28 bits per heavy atom. The van der Waals surface area contributed by atoms with Crippen molar-refractivity contribution in [2.45, 2.75) is 50.7 Å². The van der Waals surface area contributed by atoms with Crippen molar-refractivity contribution in [1.29, 1.82) is 0 Å². The molecule has 0 radical (unpaired) electrons. The Bertz CT molecular complexity index is 428. The van der Waals surface area contributed by atoms with Crippen LogP contribution in [0.4, 0.5) is 0 Å². The van der Waals surface area contributed by atoms with Crippen LogP contribution in [0.15, 0.2) is 30.3 Å². The number of benzene rings is 1. The quantitative estimate of drug-likeness (QED) is 0.816. The van der Waals surface area contributed by atoms with Gasteiger partial charge in [-0.2, -0.15) is 0 Å². The molecule has 1 fully saturated rings. The van der Waals surface area contributed by atoms with Crippen LogP contribution < -0.4 is 5.73 Å². The topological polar surface area (TPSA) is 52.3 Å². The largest absolute Gasteiger partial charge is 0.459 e. The van der Waals surface area contributed by atoms with E-state index in [2.05, 4.69) is 0 Å². The van der Waals surface area contributed by atoms with E-state index in [0.29, 0.717) is 12.8 Å². The Kier molecular flexibility index (Phi) is 3.20. The lowest BCUT2D eigenvalue weighted by Gasteiger charge is -2.45. The third-order valence-corrected chi connectivity index (χ3v) is 3.34. The Hall–Kier alpha value is -1.35. The maximum absolute atomic E-state index is 12.4. The summed E-state index contributed by atoms with van der Waals surface area (Å²) < 4.78 is 5.55. The van der Waals surface area contributed by atoms with Crippen molar-refractivity contribution < 1.29 is 9.53 Å². The zero-order valence-corrected chi connectivity index (χ0v) is 11.3. The predicted octanol–water partition coefficient (Wildman–Crippen LogP) is 2.39. The summed E-state index contributed by atoms with van der Waals surface area (Å²) in [6, 6.07) is 9.91. The van der Waals surface area contributed by atoms with Gasteiger partial charge in [0.2, 0.25) is 0 Å². The number of esters is 1. The second-order valence-electron chi connectivity index (χ2n) is 6.12. The maximum Gasteiger partial charge on any atom is 0.317 e. The van der Waals surface area contributed by atoms with Crippen LogP contribution in [0.5, 0.6) is 0 Å². The molecule has 1 aliphatic carbocycles. The fourth-order valence-corrected chi connectivity index (χ4v) is 2.49. The van der Waals surface area contributed by atoms with Gasteiger partial charge in [0.25, 0.3) is 0 Å². The van der Waals surface area contributed by atoms with Crippen LogP contribution in [-0.4, -0.2) is 17.6 Å². The molecule has 1 aromatic rings. The van der Waals surface area contributed by atoms with Crippen LogP contribution in [-0.2, 0) is 14.9 Å². The lowest BCUT2D eigenvalue weighted by Crippen LogP contribution is -2.55. The maximum atomic E-state index is 12.4. The van der Waals surface area contributed by atoms with Crippen LogP contribution in [0, 0.1) is 0 Å². The summed E-state index contributed by atoms with van der Waals surface area (Å²) in [5.74, 6) is -0.150. The molecule has 98 valence electrons. The van der Waals surface area contributed by atoms with Gasteiger partial charge in [0.15, 0.2) is 0 Å². The summed E-state index contributed by atoms with van der Waals surface area (Å²) in [4.78, 5) is 12.4. The van der Waals surface area contributed by atoms with E-state index in [0.717, 1.165) is 5.56 Å². The number of rotatable bonds is 2. The van der Waals surface area contributed by atoms with Gasteiger partial charge in [-0.1, -0.05) is 30.3 Å². The first-order chi connectivity index (χ1) is 8.33. The Labute approximate surface area is 108 Å². The summed E-state index contributed by atoms with van der Waals surface area (Å²) in [5.41, 5.74) is 5.91. The monoisotopic (exact) mass is 247 g/mol. The van der Waals surface area contributed by atoms with E-state index in [4.69, 9.17) is 10.5 Å². The molecule has 3 nitrogen and oxygen atoms in total. The third-order valence-electron chi connectivity index (χ3n) is 3.34. The second kappa shape index (κ2) is 4.39. The van der Waals surface area contributed by atoms with Crippen molar-refractivity contribution in [1.82, 2.24) is 0 Å². The van der Waals surface area contributed by atoms with Gasteiger partial charge < -0.3 is 10.5 Å². The molecular formula is C15H21NO2. The van der Waals surface area contributed by atoms with Crippen LogP contribution in [0.2, 0.25) is 0 Å². The first-order valence-corrected chi connectivity index (χ1v) is 6.38. The van der Waals surface area contributed by atoms with Gasteiger partial charge in [0.05, 0.1) is 5.41 Å². The average Bonchev–Trinajstić information content (AvgIpc) is 2.23. The van der Waals surface area contributed by atoms with E-state index in [1.807, 2.05) is 51.1 Å². The third kappa shape index (κ3) is 2.41. The molecule has 1 saturated carbocycles. The molecule has 1 aromatic carbocycles. The molecule has 0 heterocycles. The smallest absolute Gasteiger partial charge is 0.317 e. The Morgan fingerprint density at radius 3 is 2.28 bits per heavy atom. The minimum absolute atomic E-state index is 0.0951.